The molecule has 96 valence electrons. The maximum atomic E-state index is 9.58. The summed E-state index contributed by atoms with van der Waals surface area (Å²) in [5.41, 5.74) is 1.60. The van der Waals surface area contributed by atoms with E-state index >= 15 is 0 Å². The minimum Gasteiger partial charge on any atom is -0.506 e. The molecule has 0 aromatic carbocycles. The van der Waals surface area contributed by atoms with Crippen LogP contribution in [0.1, 0.15) is 25.2 Å². The van der Waals surface area contributed by atoms with Gasteiger partial charge in [-0.1, -0.05) is 13.8 Å². The van der Waals surface area contributed by atoms with Crippen molar-refractivity contribution in [1.29, 1.82) is 0 Å². The SMILES string of the molecule is Cc1ccc(O)c(CNCCOCC(C)C)n1. The number of ether oxygens (including phenoxy) is 1. The zero-order valence-electron chi connectivity index (χ0n) is 10.9. The molecule has 17 heavy (non-hydrogen) atoms. The predicted octanol–water partition coefficient (Wildman–Crippen LogP) is 1.86. The van der Waals surface area contributed by atoms with Gasteiger partial charge in [0.2, 0.25) is 0 Å². The number of hydrogen-bond acceptors (Lipinski definition) is 4. The summed E-state index contributed by atoms with van der Waals surface area (Å²) in [4.78, 5) is 4.27. The van der Waals surface area contributed by atoms with Gasteiger partial charge in [-0.05, 0) is 25.0 Å². The number of hydrogen-bond donors (Lipinski definition) is 2. The molecule has 0 fully saturated rings. The van der Waals surface area contributed by atoms with Crippen LogP contribution in [0, 0.1) is 12.8 Å². The Balaban J connectivity index is 2.20. The van der Waals surface area contributed by atoms with Crippen LogP contribution in [0.2, 0.25) is 0 Å². The maximum absolute atomic E-state index is 9.58. The molecule has 0 aliphatic rings. The van der Waals surface area contributed by atoms with Crippen LogP contribution in [0.15, 0.2) is 12.1 Å². The molecular weight excluding hydrogens is 216 g/mol. The van der Waals surface area contributed by atoms with E-state index in [2.05, 4.69) is 24.1 Å². The van der Waals surface area contributed by atoms with Crippen molar-refractivity contribution in [2.75, 3.05) is 19.8 Å². The maximum Gasteiger partial charge on any atom is 0.138 e. The molecule has 1 aromatic rings. The van der Waals surface area contributed by atoms with Crippen LogP contribution in [0.5, 0.6) is 5.75 Å². The summed E-state index contributed by atoms with van der Waals surface area (Å²) in [6.45, 7) is 8.97. The Kier molecular flexibility index (Phi) is 5.94. The lowest BCUT2D eigenvalue weighted by molar-refractivity contribution is 0.111. The molecular formula is C13H22N2O2. The molecule has 0 unspecified atom stereocenters. The number of aromatic nitrogens is 1. The lowest BCUT2D eigenvalue weighted by Gasteiger charge is -2.08. The van der Waals surface area contributed by atoms with E-state index in [0.717, 1.165) is 18.8 Å². The van der Waals surface area contributed by atoms with Gasteiger partial charge in [-0.2, -0.15) is 0 Å². The van der Waals surface area contributed by atoms with Gasteiger partial charge in [0, 0.05) is 25.4 Å². The second-order valence-corrected chi connectivity index (χ2v) is 4.56. The third-order valence-electron chi connectivity index (χ3n) is 2.26. The second-order valence-electron chi connectivity index (χ2n) is 4.56. The number of aromatic hydroxyl groups is 1. The molecule has 4 nitrogen and oxygen atoms in total. The summed E-state index contributed by atoms with van der Waals surface area (Å²) in [6.07, 6.45) is 0. The van der Waals surface area contributed by atoms with E-state index in [4.69, 9.17) is 4.74 Å². The van der Waals surface area contributed by atoms with E-state index in [9.17, 15) is 5.11 Å². The first-order chi connectivity index (χ1) is 8.09. The Morgan fingerprint density at radius 2 is 2.18 bits per heavy atom. The van der Waals surface area contributed by atoms with Crippen LogP contribution in [0.4, 0.5) is 0 Å². The van der Waals surface area contributed by atoms with Gasteiger partial charge in [-0.15, -0.1) is 0 Å². The van der Waals surface area contributed by atoms with E-state index in [1.807, 2.05) is 6.92 Å². The van der Waals surface area contributed by atoms with E-state index in [0.29, 0.717) is 24.8 Å². The molecule has 4 heteroatoms. The summed E-state index contributed by atoms with van der Waals surface area (Å²) in [6, 6.07) is 3.47. The summed E-state index contributed by atoms with van der Waals surface area (Å²) >= 11 is 0. The van der Waals surface area contributed by atoms with Crippen LogP contribution < -0.4 is 5.32 Å². The Morgan fingerprint density at radius 3 is 2.88 bits per heavy atom. The van der Waals surface area contributed by atoms with Crippen LogP contribution in [-0.2, 0) is 11.3 Å². The first kappa shape index (κ1) is 13.9. The van der Waals surface area contributed by atoms with Crippen LogP contribution in [0.3, 0.4) is 0 Å². The molecule has 2 N–H and O–H groups in total. The molecule has 0 saturated heterocycles. The highest BCUT2D eigenvalue weighted by atomic mass is 16.5. The van der Waals surface area contributed by atoms with Crippen molar-refractivity contribution in [2.45, 2.75) is 27.3 Å². The third kappa shape index (κ3) is 5.65. The average Bonchev–Trinajstić information content (AvgIpc) is 2.27. The molecule has 0 aliphatic carbocycles. The normalized spacial score (nSPS) is 11.1. The van der Waals surface area contributed by atoms with Gasteiger partial charge >= 0.3 is 0 Å². The van der Waals surface area contributed by atoms with Gasteiger partial charge in [0.1, 0.15) is 5.75 Å². The molecule has 0 radical (unpaired) electrons. The standard InChI is InChI=1S/C13H22N2O2/c1-10(2)9-17-7-6-14-8-12-13(16)5-4-11(3)15-12/h4-5,10,14,16H,6-9H2,1-3H3. The Hall–Kier alpha value is -1.13. The largest absolute Gasteiger partial charge is 0.506 e. The second kappa shape index (κ2) is 7.25. The molecule has 1 heterocycles. The van der Waals surface area contributed by atoms with Crippen LogP contribution in [0.25, 0.3) is 0 Å². The molecule has 0 bridgehead atoms. The monoisotopic (exact) mass is 238 g/mol. The first-order valence-corrected chi connectivity index (χ1v) is 6.03. The van der Waals surface area contributed by atoms with Crippen molar-refractivity contribution in [1.82, 2.24) is 10.3 Å². The third-order valence-corrected chi connectivity index (χ3v) is 2.26. The molecule has 0 atom stereocenters. The minimum atomic E-state index is 0.242. The van der Waals surface area contributed by atoms with Crippen molar-refractivity contribution in [3.05, 3.63) is 23.5 Å². The highest BCUT2D eigenvalue weighted by Gasteiger charge is 2.02. The van der Waals surface area contributed by atoms with Crippen molar-refractivity contribution in [3.63, 3.8) is 0 Å². The van der Waals surface area contributed by atoms with E-state index in [1.165, 1.54) is 0 Å². The molecule has 1 aromatic heterocycles. The lowest BCUT2D eigenvalue weighted by atomic mass is 10.2. The van der Waals surface area contributed by atoms with Crippen LogP contribution in [-0.4, -0.2) is 29.8 Å². The minimum absolute atomic E-state index is 0.242. The van der Waals surface area contributed by atoms with Gasteiger partial charge < -0.3 is 15.2 Å². The fourth-order valence-electron chi connectivity index (χ4n) is 1.40. The smallest absolute Gasteiger partial charge is 0.138 e. The number of nitrogens with one attached hydrogen (secondary N) is 1. The molecule has 0 amide bonds. The summed E-state index contributed by atoms with van der Waals surface area (Å²) in [5, 5.41) is 12.8. The van der Waals surface area contributed by atoms with Crippen molar-refractivity contribution >= 4 is 0 Å². The fourth-order valence-corrected chi connectivity index (χ4v) is 1.40. The molecule has 0 spiro atoms. The summed E-state index contributed by atoms with van der Waals surface area (Å²) in [7, 11) is 0. The van der Waals surface area contributed by atoms with E-state index in [1.54, 1.807) is 12.1 Å². The first-order valence-electron chi connectivity index (χ1n) is 6.03. The van der Waals surface area contributed by atoms with Crippen molar-refractivity contribution in [3.8, 4) is 5.75 Å². The van der Waals surface area contributed by atoms with E-state index < -0.39 is 0 Å². The number of nitrogens with zero attached hydrogens (tertiary/aromatic N) is 1. The van der Waals surface area contributed by atoms with Gasteiger partial charge in [0.15, 0.2) is 0 Å². The predicted molar refractivity (Wildman–Crippen MR) is 68.0 cm³/mol. The van der Waals surface area contributed by atoms with Gasteiger partial charge in [-0.3, -0.25) is 4.98 Å². The highest BCUT2D eigenvalue weighted by Crippen LogP contribution is 2.13. The number of rotatable bonds is 7. The number of pyridine rings is 1. The highest BCUT2D eigenvalue weighted by molar-refractivity contribution is 5.27. The Labute approximate surface area is 103 Å². The molecule has 0 aliphatic heterocycles. The summed E-state index contributed by atoms with van der Waals surface area (Å²) < 4.78 is 5.44. The number of aryl methyl sites for hydroxylation is 1. The zero-order valence-corrected chi connectivity index (χ0v) is 10.9. The van der Waals surface area contributed by atoms with E-state index in [-0.39, 0.29) is 5.75 Å². The van der Waals surface area contributed by atoms with Crippen molar-refractivity contribution < 1.29 is 9.84 Å². The lowest BCUT2D eigenvalue weighted by Crippen LogP contribution is -2.21. The molecule has 1 rings (SSSR count). The summed E-state index contributed by atoms with van der Waals surface area (Å²) in [5.74, 6) is 0.809. The Bertz CT molecular complexity index is 340. The molecule has 0 saturated carbocycles. The topological polar surface area (TPSA) is 54.4 Å². The van der Waals surface area contributed by atoms with Gasteiger partial charge in [-0.25, -0.2) is 0 Å². The fraction of sp³-hybridized carbons (Fsp3) is 0.615. The van der Waals surface area contributed by atoms with Crippen LogP contribution >= 0.6 is 0 Å². The average molecular weight is 238 g/mol. The quantitative estimate of drug-likeness (QED) is 0.712. The zero-order chi connectivity index (χ0) is 12.7. The van der Waals surface area contributed by atoms with Gasteiger partial charge in [0.25, 0.3) is 0 Å². The van der Waals surface area contributed by atoms with Crippen molar-refractivity contribution in [2.24, 2.45) is 5.92 Å². The Morgan fingerprint density at radius 1 is 1.41 bits per heavy atom. The van der Waals surface area contributed by atoms with Gasteiger partial charge in [0.05, 0.1) is 12.3 Å².